The molecule has 110 valence electrons. The van der Waals surface area contributed by atoms with E-state index < -0.39 is 0 Å². The van der Waals surface area contributed by atoms with Gasteiger partial charge in [0.05, 0.1) is 6.54 Å². The van der Waals surface area contributed by atoms with Gasteiger partial charge in [-0.2, -0.15) is 11.8 Å². The van der Waals surface area contributed by atoms with Crippen LogP contribution in [0.1, 0.15) is 24.8 Å². The number of hydrogen-bond acceptors (Lipinski definition) is 2. The van der Waals surface area contributed by atoms with E-state index in [0.717, 1.165) is 24.4 Å². The van der Waals surface area contributed by atoms with Gasteiger partial charge in [0.15, 0.2) is 5.96 Å². The Morgan fingerprint density at radius 1 is 1.25 bits per heavy atom. The maximum absolute atomic E-state index is 13.4. The van der Waals surface area contributed by atoms with Crippen LogP contribution in [0.5, 0.6) is 0 Å². The van der Waals surface area contributed by atoms with E-state index in [9.17, 15) is 4.39 Å². The Morgan fingerprint density at radius 3 is 2.75 bits per heavy atom. The molecule has 2 rings (SSSR count). The Bertz CT molecular complexity index is 444. The molecular weight excluding hydrogens is 273 g/mol. The largest absolute Gasteiger partial charge is 0.370 e. The lowest BCUT2D eigenvalue weighted by Gasteiger charge is -2.27. The molecule has 1 aromatic rings. The summed E-state index contributed by atoms with van der Waals surface area (Å²) >= 11 is 1.69. The monoisotopic (exact) mass is 295 g/mol. The third kappa shape index (κ3) is 4.71. The molecule has 1 heterocycles. The molecule has 20 heavy (non-hydrogen) atoms. The first-order valence-corrected chi connectivity index (χ1v) is 8.29. The van der Waals surface area contributed by atoms with Crippen molar-refractivity contribution in [2.75, 3.05) is 25.4 Å². The van der Waals surface area contributed by atoms with E-state index in [1.54, 1.807) is 17.8 Å². The molecule has 0 spiro atoms. The van der Waals surface area contributed by atoms with Gasteiger partial charge in [-0.25, -0.2) is 4.39 Å². The number of halogens is 1. The van der Waals surface area contributed by atoms with Crippen LogP contribution in [0.2, 0.25) is 0 Å². The second-order valence-corrected chi connectivity index (χ2v) is 6.04. The molecule has 1 aromatic carbocycles. The van der Waals surface area contributed by atoms with Crippen molar-refractivity contribution in [2.45, 2.75) is 25.0 Å². The third-order valence-electron chi connectivity index (χ3n) is 3.40. The molecule has 3 nitrogen and oxygen atoms in total. The number of nitrogens with zero attached hydrogens (tertiary/aromatic N) is 2. The fourth-order valence-electron chi connectivity index (χ4n) is 2.25. The van der Waals surface area contributed by atoms with Crippen molar-refractivity contribution in [2.24, 2.45) is 10.7 Å². The Kier molecular flexibility index (Phi) is 6.18. The average Bonchev–Trinajstić information content (AvgIpc) is 2.49. The molecule has 0 amide bonds. The van der Waals surface area contributed by atoms with Gasteiger partial charge in [-0.1, -0.05) is 18.2 Å². The number of piperidine rings is 1. The Hall–Kier alpha value is -1.23. The van der Waals surface area contributed by atoms with Crippen LogP contribution in [0, 0.1) is 5.82 Å². The van der Waals surface area contributed by atoms with Gasteiger partial charge in [-0.3, -0.25) is 4.99 Å². The molecule has 0 bridgehead atoms. The fraction of sp³-hybridized carbons (Fsp3) is 0.533. The lowest BCUT2D eigenvalue weighted by atomic mass is 10.1. The quantitative estimate of drug-likeness (QED) is 0.516. The highest BCUT2D eigenvalue weighted by Crippen LogP contribution is 2.15. The summed E-state index contributed by atoms with van der Waals surface area (Å²) < 4.78 is 13.4. The molecular formula is C15H22FN3S. The van der Waals surface area contributed by atoms with E-state index in [2.05, 4.69) is 9.89 Å². The number of thioether (sulfide) groups is 1. The molecule has 5 heteroatoms. The van der Waals surface area contributed by atoms with E-state index in [1.807, 2.05) is 12.1 Å². The summed E-state index contributed by atoms with van der Waals surface area (Å²) in [6.45, 7) is 2.75. The zero-order valence-corrected chi connectivity index (χ0v) is 12.5. The van der Waals surface area contributed by atoms with Crippen molar-refractivity contribution in [3.8, 4) is 0 Å². The molecule has 0 unspecified atom stereocenters. The van der Waals surface area contributed by atoms with Crippen molar-refractivity contribution in [1.82, 2.24) is 4.90 Å². The molecule has 0 aliphatic carbocycles. The highest BCUT2D eigenvalue weighted by Gasteiger charge is 2.11. The first-order chi connectivity index (χ1) is 9.77. The van der Waals surface area contributed by atoms with Crippen LogP contribution in [0.4, 0.5) is 4.39 Å². The van der Waals surface area contributed by atoms with Crippen molar-refractivity contribution in [3.05, 3.63) is 35.6 Å². The summed E-state index contributed by atoms with van der Waals surface area (Å²) in [4.78, 5) is 6.56. The van der Waals surface area contributed by atoms with Crippen LogP contribution in [0.3, 0.4) is 0 Å². The SMILES string of the molecule is NC(=NCCSCc1ccccc1F)N1CCCCC1. The molecule has 1 fully saturated rings. The molecule has 0 atom stereocenters. The van der Waals surface area contributed by atoms with Gasteiger partial charge in [-0.15, -0.1) is 0 Å². The first kappa shape index (κ1) is 15.2. The van der Waals surface area contributed by atoms with Gasteiger partial charge in [0.25, 0.3) is 0 Å². The first-order valence-electron chi connectivity index (χ1n) is 7.13. The van der Waals surface area contributed by atoms with Crippen LogP contribution < -0.4 is 5.73 Å². The predicted octanol–water partition coefficient (Wildman–Crippen LogP) is 2.86. The molecule has 1 saturated heterocycles. The molecule has 0 saturated carbocycles. The lowest BCUT2D eigenvalue weighted by Crippen LogP contribution is -2.41. The van der Waals surface area contributed by atoms with Crippen LogP contribution >= 0.6 is 11.8 Å². The Balaban J connectivity index is 1.67. The number of nitrogens with two attached hydrogens (primary N) is 1. The molecule has 1 aliphatic rings. The van der Waals surface area contributed by atoms with Crippen LogP contribution in [0.25, 0.3) is 0 Å². The second-order valence-electron chi connectivity index (χ2n) is 4.93. The van der Waals surface area contributed by atoms with Crippen molar-refractivity contribution in [3.63, 3.8) is 0 Å². The smallest absolute Gasteiger partial charge is 0.191 e. The number of benzene rings is 1. The summed E-state index contributed by atoms with van der Waals surface area (Å²) in [5, 5.41) is 0. The maximum atomic E-state index is 13.4. The van der Waals surface area contributed by atoms with E-state index >= 15 is 0 Å². The zero-order chi connectivity index (χ0) is 14.2. The van der Waals surface area contributed by atoms with Crippen LogP contribution in [-0.2, 0) is 5.75 Å². The zero-order valence-electron chi connectivity index (χ0n) is 11.7. The molecule has 1 aliphatic heterocycles. The summed E-state index contributed by atoms with van der Waals surface area (Å²) in [6, 6.07) is 6.91. The molecule has 0 radical (unpaired) electrons. The number of guanidine groups is 1. The maximum Gasteiger partial charge on any atom is 0.191 e. The van der Waals surface area contributed by atoms with Gasteiger partial charge >= 0.3 is 0 Å². The Morgan fingerprint density at radius 2 is 2.00 bits per heavy atom. The summed E-state index contributed by atoms with van der Waals surface area (Å²) in [7, 11) is 0. The van der Waals surface area contributed by atoms with Crippen molar-refractivity contribution in [1.29, 1.82) is 0 Å². The lowest BCUT2D eigenvalue weighted by molar-refractivity contribution is 0.338. The van der Waals surface area contributed by atoms with Crippen molar-refractivity contribution < 1.29 is 4.39 Å². The highest BCUT2D eigenvalue weighted by atomic mass is 32.2. The normalized spacial score (nSPS) is 16.4. The molecule has 0 aromatic heterocycles. The van der Waals surface area contributed by atoms with E-state index in [1.165, 1.54) is 25.3 Å². The minimum atomic E-state index is -0.128. The van der Waals surface area contributed by atoms with Crippen LogP contribution in [-0.4, -0.2) is 36.2 Å². The highest BCUT2D eigenvalue weighted by molar-refractivity contribution is 7.98. The molecule has 2 N–H and O–H groups in total. The summed E-state index contributed by atoms with van der Waals surface area (Å²) in [5.41, 5.74) is 6.73. The third-order valence-corrected chi connectivity index (χ3v) is 4.39. The average molecular weight is 295 g/mol. The second kappa shape index (κ2) is 8.15. The number of rotatable bonds is 5. The number of hydrogen-bond donors (Lipinski definition) is 1. The van der Waals surface area contributed by atoms with E-state index in [0.29, 0.717) is 18.3 Å². The van der Waals surface area contributed by atoms with Gasteiger partial charge in [0.2, 0.25) is 0 Å². The fourth-order valence-corrected chi connectivity index (χ4v) is 3.06. The number of likely N-dealkylation sites (tertiary alicyclic amines) is 1. The topological polar surface area (TPSA) is 41.6 Å². The minimum absolute atomic E-state index is 0.128. The predicted molar refractivity (Wildman–Crippen MR) is 84.5 cm³/mol. The van der Waals surface area contributed by atoms with Crippen molar-refractivity contribution >= 4 is 17.7 Å². The van der Waals surface area contributed by atoms with Gasteiger partial charge in [0, 0.05) is 24.6 Å². The van der Waals surface area contributed by atoms with Gasteiger partial charge < -0.3 is 10.6 Å². The summed E-state index contributed by atoms with van der Waals surface area (Å²) in [5.74, 6) is 2.09. The minimum Gasteiger partial charge on any atom is -0.370 e. The standard InChI is InChI=1S/C15H22FN3S/c16-14-7-3-2-6-13(14)12-20-11-8-18-15(17)19-9-4-1-5-10-19/h2-3,6-7H,1,4-5,8-12H2,(H2,17,18). The van der Waals surface area contributed by atoms with E-state index in [4.69, 9.17) is 5.73 Å². The van der Waals surface area contributed by atoms with Gasteiger partial charge in [0.1, 0.15) is 5.82 Å². The summed E-state index contributed by atoms with van der Waals surface area (Å²) in [6.07, 6.45) is 3.71. The van der Waals surface area contributed by atoms with Crippen LogP contribution in [0.15, 0.2) is 29.3 Å². The van der Waals surface area contributed by atoms with Gasteiger partial charge in [-0.05, 0) is 30.9 Å². The Labute approximate surface area is 124 Å². The number of aliphatic imine (C=N–C) groups is 1. The van der Waals surface area contributed by atoms with E-state index in [-0.39, 0.29) is 5.82 Å².